The Morgan fingerprint density at radius 1 is 1.47 bits per heavy atom. The van der Waals surface area contributed by atoms with Crippen LogP contribution in [0.25, 0.3) is 0 Å². The number of anilines is 1. The van der Waals surface area contributed by atoms with Gasteiger partial charge in [-0.25, -0.2) is 9.59 Å². The lowest BCUT2D eigenvalue weighted by molar-refractivity contribution is 0.0559. The van der Waals surface area contributed by atoms with Crippen LogP contribution in [0.2, 0.25) is 0 Å². The second-order valence-corrected chi connectivity index (χ2v) is 2.83. The third-order valence-corrected chi connectivity index (χ3v) is 1.83. The van der Waals surface area contributed by atoms with Crippen molar-refractivity contribution in [3.8, 4) is 0 Å². The molecule has 0 saturated carbocycles. The van der Waals surface area contributed by atoms with E-state index >= 15 is 0 Å². The van der Waals surface area contributed by atoms with E-state index in [1.807, 2.05) is 0 Å². The fourth-order valence-electron chi connectivity index (χ4n) is 1.11. The van der Waals surface area contributed by atoms with Gasteiger partial charge in [0, 0.05) is 5.69 Å². The largest absolute Gasteiger partial charge is 0.478 e. The lowest BCUT2D eigenvalue weighted by Gasteiger charge is -2.06. The highest BCUT2D eigenvalue weighted by Crippen LogP contribution is 2.18. The van der Waals surface area contributed by atoms with Crippen LogP contribution in [0.1, 0.15) is 20.7 Å². The first-order valence-electron chi connectivity index (χ1n) is 3.92. The number of carboxylic acids is 1. The molecule has 0 heterocycles. The summed E-state index contributed by atoms with van der Waals surface area (Å²) >= 11 is 5.20. The number of esters is 1. The molecule has 0 aliphatic carbocycles. The van der Waals surface area contributed by atoms with E-state index in [9.17, 15) is 9.59 Å². The fraction of sp³-hybridized carbons (Fsp3) is 0.111. The highest BCUT2D eigenvalue weighted by Gasteiger charge is 2.19. The van der Waals surface area contributed by atoms with Crippen molar-refractivity contribution in [3.63, 3.8) is 0 Å². The molecule has 0 amide bonds. The van der Waals surface area contributed by atoms with Crippen LogP contribution >= 0.6 is 11.6 Å². The molecule has 0 aliphatic rings. The zero-order valence-corrected chi connectivity index (χ0v) is 8.32. The van der Waals surface area contributed by atoms with E-state index in [0.29, 0.717) is 0 Å². The first-order valence-corrected chi connectivity index (χ1v) is 4.46. The highest BCUT2D eigenvalue weighted by atomic mass is 35.5. The number of carboxylic acid groups (broad SMARTS) is 1. The second-order valence-electron chi connectivity index (χ2n) is 2.62. The van der Waals surface area contributed by atoms with Crippen molar-refractivity contribution in [1.29, 1.82) is 0 Å². The minimum absolute atomic E-state index is 0.00604. The highest BCUT2D eigenvalue weighted by molar-refractivity contribution is 6.18. The monoisotopic (exact) mass is 229 g/mol. The van der Waals surface area contributed by atoms with Crippen LogP contribution in [0, 0.1) is 0 Å². The summed E-state index contributed by atoms with van der Waals surface area (Å²) < 4.78 is 4.48. The molecule has 0 aliphatic heterocycles. The van der Waals surface area contributed by atoms with Crippen molar-refractivity contribution in [2.45, 2.75) is 0 Å². The zero-order valence-electron chi connectivity index (χ0n) is 7.57. The molecule has 0 saturated heterocycles. The average molecular weight is 230 g/mol. The SMILES string of the molecule is Nc1cccc(C(=O)OCCl)c1C(=O)O. The van der Waals surface area contributed by atoms with Gasteiger partial charge in [0.25, 0.3) is 0 Å². The normalized spacial score (nSPS) is 9.67. The lowest BCUT2D eigenvalue weighted by Crippen LogP contribution is -2.13. The third-order valence-electron chi connectivity index (χ3n) is 1.72. The molecule has 6 heteroatoms. The molecule has 5 nitrogen and oxygen atoms in total. The molecule has 0 unspecified atom stereocenters. The molecule has 15 heavy (non-hydrogen) atoms. The first kappa shape index (κ1) is 11.3. The van der Waals surface area contributed by atoms with Gasteiger partial charge in [0.1, 0.15) is 0 Å². The molecular formula is C9H8ClNO4. The average Bonchev–Trinajstić information content (AvgIpc) is 2.17. The topological polar surface area (TPSA) is 89.6 Å². The maximum Gasteiger partial charge on any atom is 0.340 e. The number of aromatic carboxylic acids is 1. The minimum atomic E-state index is -1.28. The first-order chi connectivity index (χ1) is 7.07. The molecule has 0 fully saturated rings. The number of benzene rings is 1. The van der Waals surface area contributed by atoms with Crippen LogP contribution in [0.5, 0.6) is 0 Å². The van der Waals surface area contributed by atoms with Gasteiger partial charge in [-0.3, -0.25) is 0 Å². The molecule has 80 valence electrons. The van der Waals surface area contributed by atoms with Gasteiger partial charge in [0.2, 0.25) is 0 Å². The number of carbonyl (C=O) groups is 2. The van der Waals surface area contributed by atoms with Crippen LogP contribution < -0.4 is 5.73 Å². The molecule has 0 aromatic heterocycles. The molecule has 1 rings (SSSR count). The Balaban J connectivity index is 3.23. The Labute approximate surface area is 90.4 Å². The molecule has 0 radical (unpaired) electrons. The van der Waals surface area contributed by atoms with Crippen LogP contribution in [-0.2, 0) is 4.74 Å². The number of carbonyl (C=O) groups excluding carboxylic acids is 1. The number of hydrogen-bond donors (Lipinski definition) is 2. The van der Waals surface area contributed by atoms with Crippen molar-refractivity contribution in [1.82, 2.24) is 0 Å². The van der Waals surface area contributed by atoms with E-state index in [1.165, 1.54) is 18.2 Å². The number of nitrogen functional groups attached to an aromatic ring is 1. The van der Waals surface area contributed by atoms with Gasteiger partial charge in [-0.15, -0.1) is 0 Å². The van der Waals surface area contributed by atoms with Crippen molar-refractivity contribution in [3.05, 3.63) is 29.3 Å². The number of halogens is 1. The molecular weight excluding hydrogens is 222 g/mol. The van der Waals surface area contributed by atoms with Crippen LogP contribution in [0.15, 0.2) is 18.2 Å². The standard InChI is InChI=1S/C9H8ClNO4/c10-4-15-9(14)5-2-1-3-6(11)7(5)8(12)13/h1-3H,4,11H2,(H,12,13). The second kappa shape index (κ2) is 4.65. The van der Waals surface area contributed by atoms with E-state index < -0.39 is 11.9 Å². The van der Waals surface area contributed by atoms with Crippen molar-refractivity contribution in [2.75, 3.05) is 11.8 Å². The zero-order chi connectivity index (χ0) is 11.4. The molecule has 1 aromatic rings. The summed E-state index contributed by atoms with van der Waals surface area (Å²) in [4.78, 5) is 22.1. The maximum absolute atomic E-state index is 11.3. The molecule has 1 aromatic carbocycles. The van der Waals surface area contributed by atoms with Crippen molar-refractivity contribution in [2.24, 2.45) is 0 Å². The predicted octanol–water partition coefficient (Wildman–Crippen LogP) is 1.32. The molecule has 0 atom stereocenters. The number of nitrogens with two attached hydrogens (primary N) is 1. The van der Waals surface area contributed by atoms with E-state index in [4.69, 9.17) is 22.4 Å². The van der Waals surface area contributed by atoms with Crippen LogP contribution in [0.4, 0.5) is 5.69 Å². The van der Waals surface area contributed by atoms with E-state index in [2.05, 4.69) is 4.74 Å². The van der Waals surface area contributed by atoms with Crippen molar-refractivity contribution >= 4 is 29.2 Å². The van der Waals surface area contributed by atoms with Crippen LogP contribution in [-0.4, -0.2) is 23.1 Å². The number of alkyl halides is 1. The van der Waals surface area contributed by atoms with Gasteiger partial charge >= 0.3 is 11.9 Å². The van der Waals surface area contributed by atoms with Crippen molar-refractivity contribution < 1.29 is 19.4 Å². The van der Waals surface area contributed by atoms with Gasteiger partial charge in [-0.05, 0) is 12.1 Å². The summed E-state index contributed by atoms with van der Waals surface area (Å²) in [6, 6.07) is 3.83. The Hall–Kier alpha value is -1.75. The summed E-state index contributed by atoms with van der Waals surface area (Å²) in [6.45, 7) is 0. The summed E-state index contributed by atoms with van der Waals surface area (Å²) in [6.07, 6.45) is 0. The number of hydrogen-bond acceptors (Lipinski definition) is 4. The Kier molecular flexibility index (Phi) is 3.51. The Morgan fingerprint density at radius 3 is 2.67 bits per heavy atom. The minimum Gasteiger partial charge on any atom is -0.478 e. The molecule has 0 spiro atoms. The van der Waals surface area contributed by atoms with Gasteiger partial charge in [0.15, 0.2) is 6.07 Å². The number of ether oxygens (including phenoxy) is 1. The number of rotatable bonds is 3. The summed E-state index contributed by atoms with van der Waals surface area (Å²) in [7, 11) is 0. The van der Waals surface area contributed by atoms with Crippen LogP contribution in [0.3, 0.4) is 0 Å². The van der Waals surface area contributed by atoms with E-state index in [0.717, 1.165) is 0 Å². The fourth-order valence-corrected chi connectivity index (χ4v) is 1.21. The quantitative estimate of drug-likeness (QED) is 0.464. The molecule has 0 bridgehead atoms. The van der Waals surface area contributed by atoms with E-state index in [-0.39, 0.29) is 22.9 Å². The summed E-state index contributed by atoms with van der Waals surface area (Å²) in [5, 5.41) is 8.84. The van der Waals surface area contributed by atoms with Gasteiger partial charge in [-0.2, -0.15) is 0 Å². The van der Waals surface area contributed by atoms with Gasteiger partial charge < -0.3 is 15.6 Å². The lowest BCUT2D eigenvalue weighted by atomic mass is 10.1. The van der Waals surface area contributed by atoms with E-state index in [1.54, 1.807) is 0 Å². The third kappa shape index (κ3) is 2.38. The Morgan fingerprint density at radius 2 is 2.13 bits per heavy atom. The molecule has 3 N–H and O–H groups in total. The smallest absolute Gasteiger partial charge is 0.340 e. The maximum atomic E-state index is 11.3. The Bertz CT molecular complexity index is 405. The summed E-state index contributed by atoms with van der Waals surface area (Å²) in [5.74, 6) is -2.09. The van der Waals surface area contributed by atoms with Gasteiger partial charge in [0.05, 0.1) is 11.1 Å². The van der Waals surface area contributed by atoms with Gasteiger partial charge in [-0.1, -0.05) is 17.7 Å². The summed E-state index contributed by atoms with van der Waals surface area (Å²) in [5.41, 5.74) is 5.06. The predicted molar refractivity (Wildman–Crippen MR) is 53.9 cm³/mol.